The van der Waals surface area contributed by atoms with Gasteiger partial charge in [0.05, 0.1) is 24.1 Å². The van der Waals surface area contributed by atoms with Crippen molar-refractivity contribution in [2.75, 3.05) is 59.5 Å². The Balaban J connectivity index is 2.18. The number of piperazine rings is 1. The van der Waals surface area contributed by atoms with E-state index >= 15 is 0 Å². The number of rotatable bonds is 9. The fourth-order valence-electron chi connectivity index (χ4n) is 3.46. The SMILES string of the molecule is CCNC(=O)CN1CCN(C(=O)c2cc(S(=O)(=O)N(CC)CC)ccc2OC)CC1. The second-order valence-electron chi connectivity index (χ2n) is 6.97. The van der Waals surface area contributed by atoms with Gasteiger partial charge in [0.2, 0.25) is 15.9 Å². The van der Waals surface area contributed by atoms with Gasteiger partial charge in [-0.3, -0.25) is 14.5 Å². The van der Waals surface area contributed by atoms with E-state index in [2.05, 4.69) is 5.32 Å². The number of hydrogen-bond acceptors (Lipinski definition) is 6. The van der Waals surface area contributed by atoms with Gasteiger partial charge in [-0.2, -0.15) is 4.31 Å². The van der Waals surface area contributed by atoms with Crippen LogP contribution in [0.4, 0.5) is 0 Å². The Morgan fingerprint density at radius 3 is 2.27 bits per heavy atom. The zero-order chi connectivity index (χ0) is 22.3. The normalized spacial score (nSPS) is 15.3. The van der Waals surface area contributed by atoms with Crippen LogP contribution in [-0.2, 0) is 14.8 Å². The molecule has 0 spiro atoms. The summed E-state index contributed by atoms with van der Waals surface area (Å²) in [7, 11) is -2.23. The number of likely N-dealkylation sites (N-methyl/N-ethyl adjacent to an activating group) is 1. The third kappa shape index (κ3) is 5.50. The Morgan fingerprint density at radius 2 is 1.73 bits per heavy atom. The zero-order valence-corrected chi connectivity index (χ0v) is 19.0. The number of nitrogens with one attached hydrogen (secondary N) is 1. The molecule has 10 heteroatoms. The first-order valence-electron chi connectivity index (χ1n) is 10.2. The second-order valence-corrected chi connectivity index (χ2v) is 8.91. The molecule has 30 heavy (non-hydrogen) atoms. The van der Waals surface area contributed by atoms with Gasteiger partial charge in [-0.15, -0.1) is 0 Å². The van der Waals surface area contributed by atoms with Crippen molar-refractivity contribution in [2.24, 2.45) is 0 Å². The fourth-order valence-corrected chi connectivity index (χ4v) is 4.95. The van der Waals surface area contributed by atoms with Crippen LogP contribution < -0.4 is 10.1 Å². The number of nitrogens with zero attached hydrogens (tertiary/aromatic N) is 3. The molecule has 0 bridgehead atoms. The van der Waals surface area contributed by atoms with E-state index in [9.17, 15) is 18.0 Å². The topological polar surface area (TPSA) is 99.3 Å². The maximum atomic E-state index is 13.1. The van der Waals surface area contributed by atoms with Crippen molar-refractivity contribution in [2.45, 2.75) is 25.7 Å². The molecule has 1 fully saturated rings. The van der Waals surface area contributed by atoms with Gasteiger partial charge in [-0.1, -0.05) is 13.8 Å². The number of benzene rings is 1. The number of methoxy groups -OCH3 is 1. The number of carbonyl (C=O) groups excluding carboxylic acids is 2. The Morgan fingerprint density at radius 1 is 1.10 bits per heavy atom. The largest absolute Gasteiger partial charge is 0.496 e. The first kappa shape index (κ1) is 24.1. The van der Waals surface area contributed by atoms with Crippen LogP contribution in [0.5, 0.6) is 5.75 Å². The summed E-state index contributed by atoms with van der Waals surface area (Å²) in [5, 5.41) is 2.77. The van der Waals surface area contributed by atoms with Crippen LogP contribution in [-0.4, -0.2) is 93.8 Å². The van der Waals surface area contributed by atoms with Gasteiger partial charge in [0, 0.05) is 45.8 Å². The van der Waals surface area contributed by atoms with Crippen molar-refractivity contribution in [3.05, 3.63) is 23.8 Å². The lowest BCUT2D eigenvalue weighted by atomic mass is 10.1. The van der Waals surface area contributed by atoms with E-state index in [0.717, 1.165) is 0 Å². The Hall–Kier alpha value is -2.17. The summed E-state index contributed by atoms with van der Waals surface area (Å²) in [4.78, 5) is 28.6. The average molecular weight is 441 g/mol. The van der Waals surface area contributed by atoms with Crippen LogP contribution in [0.1, 0.15) is 31.1 Å². The highest BCUT2D eigenvalue weighted by atomic mass is 32.2. The molecule has 0 aromatic heterocycles. The van der Waals surface area contributed by atoms with Crippen LogP contribution in [0.25, 0.3) is 0 Å². The molecule has 1 aromatic rings. The van der Waals surface area contributed by atoms with Crippen molar-refractivity contribution < 1.29 is 22.7 Å². The van der Waals surface area contributed by atoms with Crippen molar-refractivity contribution in [1.29, 1.82) is 0 Å². The van der Waals surface area contributed by atoms with E-state index in [-0.39, 0.29) is 22.3 Å². The van der Waals surface area contributed by atoms with Gasteiger partial charge < -0.3 is 15.0 Å². The summed E-state index contributed by atoms with van der Waals surface area (Å²) in [5.74, 6) is 0.0256. The summed E-state index contributed by atoms with van der Waals surface area (Å²) in [5.41, 5.74) is 0.225. The molecule has 1 aromatic carbocycles. The lowest BCUT2D eigenvalue weighted by Gasteiger charge is -2.34. The quantitative estimate of drug-likeness (QED) is 0.604. The second kappa shape index (κ2) is 10.7. The summed E-state index contributed by atoms with van der Waals surface area (Å²) < 4.78 is 32.4. The van der Waals surface area contributed by atoms with E-state index in [0.29, 0.717) is 58.1 Å². The van der Waals surface area contributed by atoms with Gasteiger partial charge in [0.1, 0.15) is 5.75 Å². The van der Waals surface area contributed by atoms with E-state index in [4.69, 9.17) is 4.74 Å². The minimum Gasteiger partial charge on any atom is -0.496 e. The van der Waals surface area contributed by atoms with Gasteiger partial charge in [-0.05, 0) is 25.1 Å². The molecule has 1 heterocycles. The molecule has 0 unspecified atom stereocenters. The third-order valence-electron chi connectivity index (χ3n) is 5.15. The first-order valence-corrected chi connectivity index (χ1v) is 11.7. The lowest BCUT2D eigenvalue weighted by Crippen LogP contribution is -2.51. The fraction of sp³-hybridized carbons (Fsp3) is 0.600. The third-order valence-corrected chi connectivity index (χ3v) is 7.19. The maximum absolute atomic E-state index is 13.1. The first-order chi connectivity index (χ1) is 14.3. The predicted molar refractivity (Wildman–Crippen MR) is 114 cm³/mol. The van der Waals surface area contributed by atoms with Crippen molar-refractivity contribution in [1.82, 2.24) is 19.4 Å². The number of ether oxygens (including phenoxy) is 1. The van der Waals surface area contributed by atoms with Crippen LogP contribution in [0.2, 0.25) is 0 Å². The van der Waals surface area contributed by atoms with E-state index < -0.39 is 10.0 Å². The van der Waals surface area contributed by atoms with Crippen LogP contribution in [0.3, 0.4) is 0 Å². The summed E-state index contributed by atoms with van der Waals surface area (Å²) >= 11 is 0. The molecule has 1 aliphatic heterocycles. The molecule has 0 radical (unpaired) electrons. The smallest absolute Gasteiger partial charge is 0.257 e. The predicted octanol–water partition coefficient (Wildman–Crippen LogP) is 0.620. The molecule has 9 nitrogen and oxygen atoms in total. The van der Waals surface area contributed by atoms with Gasteiger partial charge in [0.25, 0.3) is 5.91 Å². The van der Waals surface area contributed by atoms with Gasteiger partial charge >= 0.3 is 0 Å². The monoisotopic (exact) mass is 440 g/mol. The molecule has 0 saturated carbocycles. The number of carbonyl (C=O) groups is 2. The molecule has 1 saturated heterocycles. The molecule has 0 aliphatic carbocycles. The molecule has 2 rings (SSSR count). The molecule has 0 atom stereocenters. The highest BCUT2D eigenvalue weighted by Gasteiger charge is 2.28. The van der Waals surface area contributed by atoms with Crippen molar-refractivity contribution in [3.63, 3.8) is 0 Å². The summed E-state index contributed by atoms with van der Waals surface area (Å²) in [6.07, 6.45) is 0. The minimum atomic E-state index is -3.69. The van der Waals surface area contributed by atoms with Crippen molar-refractivity contribution >= 4 is 21.8 Å². The Bertz CT molecular complexity index is 847. The Kier molecular flexibility index (Phi) is 8.63. The molecule has 1 aliphatic rings. The van der Waals surface area contributed by atoms with Crippen LogP contribution >= 0.6 is 0 Å². The highest BCUT2D eigenvalue weighted by Crippen LogP contribution is 2.26. The molecule has 2 amide bonds. The highest BCUT2D eigenvalue weighted by molar-refractivity contribution is 7.89. The number of sulfonamides is 1. The van der Waals surface area contributed by atoms with E-state index in [1.807, 2.05) is 11.8 Å². The number of hydrogen-bond donors (Lipinski definition) is 1. The minimum absolute atomic E-state index is 0.0340. The van der Waals surface area contributed by atoms with E-state index in [1.165, 1.54) is 29.6 Å². The molecule has 168 valence electrons. The lowest BCUT2D eigenvalue weighted by molar-refractivity contribution is -0.122. The summed E-state index contributed by atoms with van der Waals surface area (Å²) in [6, 6.07) is 4.39. The molecule has 1 N–H and O–H groups in total. The molecular formula is C20H32N4O5S. The van der Waals surface area contributed by atoms with Gasteiger partial charge in [-0.25, -0.2) is 8.42 Å². The maximum Gasteiger partial charge on any atom is 0.257 e. The zero-order valence-electron chi connectivity index (χ0n) is 18.2. The average Bonchev–Trinajstić information content (AvgIpc) is 2.74. The Labute approximate surface area is 179 Å². The van der Waals surface area contributed by atoms with E-state index in [1.54, 1.807) is 18.7 Å². The van der Waals surface area contributed by atoms with Gasteiger partial charge in [0.15, 0.2) is 0 Å². The standard InChI is InChI=1S/C20H32N4O5S/c1-5-21-19(25)15-22-10-12-23(13-11-22)20(26)17-14-16(8-9-18(17)29-4)30(27,28)24(6-2)7-3/h8-9,14H,5-7,10-13,15H2,1-4H3,(H,21,25). The molecular weight excluding hydrogens is 408 g/mol. The van der Waals surface area contributed by atoms with Crippen LogP contribution in [0.15, 0.2) is 23.1 Å². The van der Waals surface area contributed by atoms with Crippen molar-refractivity contribution in [3.8, 4) is 5.75 Å². The summed E-state index contributed by atoms with van der Waals surface area (Å²) in [6.45, 7) is 9.06. The van der Waals surface area contributed by atoms with Crippen LogP contribution in [0, 0.1) is 0 Å². The number of amides is 2.